The molecule has 0 fully saturated rings. The van der Waals surface area contributed by atoms with Gasteiger partial charge in [-0.15, -0.1) is 0 Å². The molecule has 0 aromatic heterocycles. The van der Waals surface area contributed by atoms with E-state index in [2.05, 4.69) is 15.9 Å². The number of aliphatic hydroxyl groups is 1. The van der Waals surface area contributed by atoms with Gasteiger partial charge in [0.05, 0.1) is 16.2 Å². The van der Waals surface area contributed by atoms with Crippen LogP contribution in [0.1, 0.15) is 32.8 Å². The predicted molar refractivity (Wildman–Crippen MR) is 74.1 cm³/mol. The molecule has 0 aliphatic rings. The van der Waals surface area contributed by atoms with Crippen molar-refractivity contribution in [3.8, 4) is 0 Å². The second kappa shape index (κ2) is 6.64. The number of hydrogen-bond donors (Lipinski definition) is 1. The van der Waals surface area contributed by atoms with Gasteiger partial charge in [-0.25, -0.2) is 4.39 Å². The highest BCUT2D eigenvalue weighted by atomic mass is 79.9. The predicted octanol–water partition coefficient (Wildman–Crippen LogP) is 3.70. The summed E-state index contributed by atoms with van der Waals surface area (Å²) in [6.07, 6.45) is 0.401. The first-order valence-electron chi connectivity index (χ1n) is 6.19. The molecule has 2 nitrogen and oxygen atoms in total. The third-order valence-electron chi connectivity index (χ3n) is 3.33. The summed E-state index contributed by atoms with van der Waals surface area (Å²) in [5, 5.41) is 10.3. The summed E-state index contributed by atoms with van der Waals surface area (Å²) in [7, 11) is 0. The van der Waals surface area contributed by atoms with Crippen molar-refractivity contribution in [3.05, 3.63) is 34.1 Å². The Labute approximate surface area is 116 Å². The van der Waals surface area contributed by atoms with Gasteiger partial charge in [-0.1, -0.05) is 19.1 Å². The topological polar surface area (TPSA) is 29.5 Å². The molecule has 2 unspecified atom stereocenters. The summed E-state index contributed by atoms with van der Waals surface area (Å²) in [6, 6.07) is 4.84. The van der Waals surface area contributed by atoms with Gasteiger partial charge in [0, 0.05) is 13.0 Å². The summed E-state index contributed by atoms with van der Waals surface area (Å²) in [6.45, 7) is 6.30. The molecule has 1 aromatic rings. The SMILES string of the molecule is CCOC(C)(CC)C(O)Cc1cccc(F)c1Br. The van der Waals surface area contributed by atoms with Crippen LogP contribution in [0.3, 0.4) is 0 Å². The molecule has 1 rings (SSSR count). The Bertz CT molecular complexity index is 397. The number of halogens is 2. The van der Waals surface area contributed by atoms with Gasteiger partial charge in [-0.3, -0.25) is 0 Å². The molecule has 0 heterocycles. The van der Waals surface area contributed by atoms with Gasteiger partial charge in [0.15, 0.2) is 0 Å². The molecule has 1 N–H and O–H groups in total. The fourth-order valence-electron chi connectivity index (χ4n) is 1.89. The van der Waals surface area contributed by atoms with Crippen molar-refractivity contribution in [1.82, 2.24) is 0 Å². The molecule has 0 saturated carbocycles. The minimum atomic E-state index is -0.666. The van der Waals surface area contributed by atoms with E-state index in [-0.39, 0.29) is 5.82 Å². The van der Waals surface area contributed by atoms with Crippen molar-refractivity contribution in [3.63, 3.8) is 0 Å². The Morgan fingerprint density at radius 1 is 1.44 bits per heavy atom. The van der Waals surface area contributed by atoms with E-state index < -0.39 is 11.7 Å². The average Bonchev–Trinajstić information content (AvgIpc) is 2.35. The van der Waals surface area contributed by atoms with Gasteiger partial charge >= 0.3 is 0 Å². The number of benzene rings is 1. The van der Waals surface area contributed by atoms with Crippen LogP contribution in [0.4, 0.5) is 4.39 Å². The van der Waals surface area contributed by atoms with E-state index in [4.69, 9.17) is 4.74 Å². The molecule has 2 atom stereocenters. The van der Waals surface area contributed by atoms with E-state index in [9.17, 15) is 9.50 Å². The molecule has 102 valence electrons. The third kappa shape index (κ3) is 3.53. The molecule has 18 heavy (non-hydrogen) atoms. The smallest absolute Gasteiger partial charge is 0.137 e. The van der Waals surface area contributed by atoms with Crippen LogP contribution in [0.15, 0.2) is 22.7 Å². The molecule has 1 aromatic carbocycles. The molecule has 0 aliphatic heterocycles. The average molecular weight is 319 g/mol. The fourth-order valence-corrected chi connectivity index (χ4v) is 2.32. The molecule has 4 heteroatoms. The number of rotatable bonds is 6. The van der Waals surface area contributed by atoms with E-state index in [0.717, 1.165) is 5.56 Å². The van der Waals surface area contributed by atoms with Crippen LogP contribution < -0.4 is 0 Å². The van der Waals surface area contributed by atoms with E-state index in [1.807, 2.05) is 20.8 Å². The second-order valence-electron chi connectivity index (χ2n) is 4.53. The summed E-state index contributed by atoms with van der Waals surface area (Å²) < 4.78 is 19.4. The third-order valence-corrected chi connectivity index (χ3v) is 4.21. The van der Waals surface area contributed by atoms with Crippen LogP contribution in [-0.4, -0.2) is 23.4 Å². The Hall–Kier alpha value is -0.450. The standard InChI is InChI=1S/C14H20BrFO2/c1-4-14(3,18-5-2)12(17)9-10-7-6-8-11(16)13(10)15/h6-8,12,17H,4-5,9H2,1-3H3. The Morgan fingerprint density at radius 3 is 2.67 bits per heavy atom. The largest absolute Gasteiger partial charge is 0.390 e. The van der Waals surface area contributed by atoms with Crippen LogP contribution in [0.5, 0.6) is 0 Å². The van der Waals surface area contributed by atoms with Crippen LogP contribution in [0, 0.1) is 5.82 Å². The Kier molecular flexibility index (Phi) is 5.76. The van der Waals surface area contributed by atoms with Crippen LogP contribution in [-0.2, 0) is 11.2 Å². The van der Waals surface area contributed by atoms with Crippen molar-refractivity contribution in [2.24, 2.45) is 0 Å². The first kappa shape index (κ1) is 15.6. The quantitative estimate of drug-likeness (QED) is 0.866. The van der Waals surface area contributed by atoms with Gasteiger partial charge in [0.1, 0.15) is 5.82 Å². The minimum Gasteiger partial charge on any atom is -0.390 e. The summed E-state index contributed by atoms with van der Waals surface area (Å²) in [5.41, 5.74) is 0.155. The number of hydrogen-bond acceptors (Lipinski definition) is 2. The van der Waals surface area contributed by atoms with Crippen molar-refractivity contribution in [2.45, 2.75) is 45.3 Å². The molecular formula is C14H20BrFO2. The maximum atomic E-state index is 13.4. The Balaban J connectivity index is 2.86. The number of aliphatic hydroxyl groups excluding tert-OH is 1. The van der Waals surface area contributed by atoms with Crippen LogP contribution in [0.2, 0.25) is 0 Å². The lowest BCUT2D eigenvalue weighted by atomic mass is 9.90. The summed E-state index contributed by atoms with van der Waals surface area (Å²) in [4.78, 5) is 0. The lowest BCUT2D eigenvalue weighted by Crippen LogP contribution is -2.43. The number of ether oxygens (including phenoxy) is 1. The van der Waals surface area contributed by atoms with Gasteiger partial charge < -0.3 is 9.84 Å². The van der Waals surface area contributed by atoms with Gasteiger partial charge in [-0.2, -0.15) is 0 Å². The minimum absolute atomic E-state index is 0.311. The van der Waals surface area contributed by atoms with Gasteiger partial charge in [0.25, 0.3) is 0 Å². The highest BCUT2D eigenvalue weighted by Gasteiger charge is 2.32. The fraction of sp³-hybridized carbons (Fsp3) is 0.571. The molecular weight excluding hydrogens is 299 g/mol. The molecule has 0 radical (unpaired) electrons. The second-order valence-corrected chi connectivity index (χ2v) is 5.33. The van der Waals surface area contributed by atoms with E-state index in [1.165, 1.54) is 6.07 Å². The summed E-state index contributed by atoms with van der Waals surface area (Å²) in [5.74, 6) is -0.311. The lowest BCUT2D eigenvalue weighted by molar-refractivity contribution is -0.110. The zero-order chi connectivity index (χ0) is 13.8. The highest BCUT2D eigenvalue weighted by Crippen LogP contribution is 2.27. The molecule has 0 aliphatic carbocycles. The zero-order valence-corrected chi connectivity index (χ0v) is 12.6. The van der Waals surface area contributed by atoms with Crippen molar-refractivity contribution in [2.75, 3.05) is 6.61 Å². The monoisotopic (exact) mass is 318 g/mol. The van der Waals surface area contributed by atoms with Gasteiger partial charge in [-0.05, 0) is 47.8 Å². The van der Waals surface area contributed by atoms with Crippen molar-refractivity contribution < 1.29 is 14.2 Å². The van der Waals surface area contributed by atoms with Crippen LogP contribution >= 0.6 is 15.9 Å². The molecule has 0 saturated heterocycles. The first-order chi connectivity index (χ1) is 8.44. The molecule has 0 spiro atoms. The van der Waals surface area contributed by atoms with Gasteiger partial charge in [0.2, 0.25) is 0 Å². The lowest BCUT2D eigenvalue weighted by Gasteiger charge is -2.33. The highest BCUT2D eigenvalue weighted by molar-refractivity contribution is 9.10. The zero-order valence-electron chi connectivity index (χ0n) is 11.0. The summed E-state index contributed by atoms with van der Waals surface area (Å²) >= 11 is 3.21. The van der Waals surface area contributed by atoms with E-state index in [1.54, 1.807) is 12.1 Å². The van der Waals surface area contributed by atoms with Crippen molar-refractivity contribution in [1.29, 1.82) is 0 Å². The van der Waals surface area contributed by atoms with Crippen molar-refractivity contribution >= 4 is 15.9 Å². The molecule has 0 bridgehead atoms. The van der Waals surface area contributed by atoms with Crippen LogP contribution in [0.25, 0.3) is 0 Å². The Morgan fingerprint density at radius 2 is 2.11 bits per heavy atom. The normalized spacial score (nSPS) is 16.3. The maximum absolute atomic E-state index is 13.4. The maximum Gasteiger partial charge on any atom is 0.137 e. The first-order valence-corrected chi connectivity index (χ1v) is 6.98. The van der Waals surface area contributed by atoms with E-state index >= 15 is 0 Å². The van der Waals surface area contributed by atoms with E-state index in [0.29, 0.717) is 23.9 Å². The molecule has 0 amide bonds.